The smallest absolute Gasteiger partial charge is 0.134 e. The van der Waals surface area contributed by atoms with Crippen molar-refractivity contribution in [2.24, 2.45) is 0 Å². The van der Waals surface area contributed by atoms with E-state index in [1.165, 1.54) is 5.56 Å². The van der Waals surface area contributed by atoms with Gasteiger partial charge < -0.3 is 16.4 Å². The van der Waals surface area contributed by atoms with E-state index in [1.807, 2.05) is 18.3 Å². The normalized spacial score (nSPS) is 16.7. The number of hydrogen-bond acceptors (Lipinski definition) is 4. The van der Waals surface area contributed by atoms with E-state index in [-0.39, 0.29) is 0 Å². The summed E-state index contributed by atoms with van der Waals surface area (Å²) < 4.78 is 0. The highest BCUT2D eigenvalue weighted by atomic mass is 15.0. The molecule has 1 aliphatic heterocycles. The summed E-state index contributed by atoms with van der Waals surface area (Å²) in [5.41, 5.74) is 8.09. The molecule has 0 aliphatic carbocycles. The number of rotatable bonds is 2. The predicted octanol–water partition coefficient (Wildman–Crippen LogP) is 2.29. The number of benzene rings is 1. The molecular formula is C15H20N4. The zero-order valence-corrected chi connectivity index (χ0v) is 11.2. The van der Waals surface area contributed by atoms with Crippen molar-refractivity contribution in [3.63, 3.8) is 0 Å². The minimum absolute atomic E-state index is 0.501. The fourth-order valence-electron chi connectivity index (χ4n) is 2.74. The summed E-state index contributed by atoms with van der Waals surface area (Å²) >= 11 is 0. The molecule has 100 valence electrons. The lowest BCUT2D eigenvalue weighted by molar-refractivity contribution is 0.478. The van der Waals surface area contributed by atoms with Gasteiger partial charge in [-0.25, -0.2) is 4.98 Å². The second kappa shape index (κ2) is 5.05. The first kappa shape index (κ1) is 12.2. The van der Waals surface area contributed by atoms with Gasteiger partial charge in [-0.05, 0) is 56.6 Å². The highest BCUT2D eigenvalue weighted by Gasteiger charge is 2.14. The summed E-state index contributed by atoms with van der Waals surface area (Å²) in [4.78, 5) is 4.50. The summed E-state index contributed by atoms with van der Waals surface area (Å²) in [6.07, 6.45) is 4.11. The van der Waals surface area contributed by atoms with Crippen LogP contribution in [-0.4, -0.2) is 24.1 Å². The van der Waals surface area contributed by atoms with Gasteiger partial charge >= 0.3 is 0 Å². The van der Waals surface area contributed by atoms with Crippen LogP contribution in [0.1, 0.15) is 18.4 Å². The number of nitrogens with one attached hydrogen (secondary N) is 2. The lowest BCUT2D eigenvalue weighted by Gasteiger charge is -2.24. The van der Waals surface area contributed by atoms with Gasteiger partial charge in [-0.15, -0.1) is 0 Å². The largest absolute Gasteiger partial charge is 0.398 e. The van der Waals surface area contributed by atoms with E-state index >= 15 is 0 Å². The van der Waals surface area contributed by atoms with Crippen molar-refractivity contribution in [1.82, 2.24) is 10.3 Å². The van der Waals surface area contributed by atoms with Crippen molar-refractivity contribution in [1.29, 1.82) is 0 Å². The maximum absolute atomic E-state index is 6.09. The van der Waals surface area contributed by atoms with Crippen molar-refractivity contribution in [2.45, 2.75) is 25.8 Å². The highest BCUT2D eigenvalue weighted by molar-refractivity contribution is 5.99. The lowest BCUT2D eigenvalue weighted by Crippen LogP contribution is -2.35. The van der Waals surface area contributed by atoms with Crippen molar-refractivity contribution in [2.75, 3.05) is 24.1 Å². The first-order chi connectivity index (χ1) is 9.24. The summed E-state index contributed by atoms with van der Waals surface area (Å²) in [6.45, 7) is 4.21. The summed E-state index contributed by atoms with van der Waals surface area (Å²) in [5.74, 6) is 0.958. The van der Waals surface area contributed by atoms with Crippen LogP contribution in [0.4, 0.5) is 11.5 Å². The van der Waals surface area contributed by atoms with Crippen LogP contribution < -0.4 is 16.4 Å². The van der Waals surface area contributed by atoms with Crippen molar-refractivity contribution < 1.29 is 0 Å². The molecule has 0 atom stereocenters. The molecule has 4 N–H and O–H groups in total. The fraction of sp³-hybridized carbons (Fsp3) is 0.400. The molecule has 1 aromatic carbocycles. The second-order valence-electron chi connectivity index (χ2n) is 5.28. The minimum atomic E-state index is 0.501. The zero-order chi connectivity index (χ0) is 13.2. The lowest BCUT2D eigenvalue weighted by atomic mass is 10.0. The Balaban J connectivity index is 1.98. The molecule has 0 spiro atoms. The molecule has 1 fully saturated rings. The van der Waals surface area contributed by atoms with Crippen LogP contribution in [0.2, 0.25) is 0 Å². The number of aromatic nitrogens is 1. The Labute approximate surface area is 113 Å². The van der Waals surface area contributed by atoms with Crippen LogP contribution in [-0.2, 0) is 0 Å². The molecule has 0 radical (unpaired) electrons. The number of fused-ring (bicyclic) bond motifs is 1. The molecule has 0 bridgehead atoms. The Morgan fingerprint density at radius 1 is 1.26 bits per heavy atom. The average Bonchev–Trinajstić information content (AvgIpc) is 2.41. The van der Waals surface area contributed by atoms with Gasteiger partial charge in [-0.3, -0.25) is 0 Å². The summed E-state index contributed by atoms with van der Waals surface area (Å²) in [5, 5.41) is 9.15. The Kier molecular flexibility index (Phi) is 3.25. The number of nitrogens with two attached hydrogens (primary N) is 1. The van der Waals surface area contributed by atoms with Gasteiger partial charge in [0.1, 0.15) is 5.82 Å². The summed E-state index contributed by atoms with van der Waals surface area (Å²) in [7, 11) is 0. The number of nitrogen functional groups attached to an aromatic ring is 1. The van der Waals surface area contributed by atoms with Crippen LogP contribution >= 0.6 is 0 Å². The SMILES string of the molecule is Cc1cc(N)c2ccnc(NC3CCNCC3)c2c1. The minimum Gasteiger partial charge on any atom is -0.398 e. The number of piperidine rings is 1. The fourth-order valence-corrected chi connectivity index (χ4v) is 2.74. The maximum Gasteiger partial charge on any atom is 0.134 e. The van der Waals surface area contributed by atoms with Crippen molar-refractivity contribution in [3.8, 4) is 0 Å². The monoisotopic (exact) mass is 256 g/mol. The molecule has 19 heavy (non-hydrogen) atoms. The number of nitrogens with zero attached hydrogens (tertiary/aromatic N) is 1. The van der Waals surface area contributed by atoms with E-state index in [9.17, 15) is 0 Å². The van der Waals surface area contributed by atoms with E-state index in [4.69, 9.17) is 5.73 Å². The van der Waals surface area contributed by atoms with E-state index in [0.717, 1.165) is 48.2 Å². The Morgan fingerprint density at radius 2 is 2.05 bits per heavy atom. The van der Waals surface area contributed by atoms with Gasteiger partial charge in [0.05, 0.1) is 0 Å². The first-order valence-electron chi connectivity index (χ1n) is 6.86. The molecule has 4 heteroatoms. The third-order valence-corrected chi connectivity index (χ3v) is 3.74. The van der Waals surface area contributed by atoms with Crippen LogP contribution in [0.3, 0.4) is 0 Å². The first-order valence-corrected chi connectivity index (χ1v) is 6.86. The van der Waals surface area contributed by atoms with Gasteiger partial charge in [0.15, 0.2) is 0 Å². The molecule has 3 rings (SSSR count). The number of pyridine rings is 1. The van der Waals surface area contributed by atoms with E-state index < -0.39 is 0 Å². The van der Waals surface area contributed by atoms with E-state index in [1.54, 1.807) is 0 Å². The molecule has 0 saturated carbocycles. The third kappa shape index (κ3) is 2.49. The molecule has 2 heterocycles. The topological polar surface area (TPSA) is 63.0 Å². The Morgan fingerprint density at radius 3 is 2.84 bits per heavy atom. The molecule has 1 saturated heterocycles. The molecular weight excluding hydrogens is 236 g/mol. The van der Waals surface area contributed by atoms with Gasteiger partial charge in [-0.1, -0.05) is 0 Å². The highest BCUT2D eigenvalue weighted by Crippen LogP contribution is 2.28. The second-order valence-corrected chi connectivity index (χ2v) is 5.28. The Hall–Kier alpha value is -1.81. The van der Waals surface area contributed by atoms with Crippen molar-refractivity contribution >= 4 is 22.3 Å². The molecule has 4 nitrogen and oxygen atoms in total. The van der Waals surface area contributed by atoms with Gasteiger partial charge in [0, 0.05) is 28.7 Å². The molecule has 1 aliphatic rings. The van der Waals surface area contributed by atoms with E-state index in [2.05, 4.69) is 28.6 Å². The number of aryl methyl sites for hydroxylation is 1. The number of hydrogen-bond donors (Lipinski definition) is 3. The average molecular weight is 256 g/mol. The van der Waals surface area contributed by atoms with Gasteiger partial charge in [0.2, 0.25) is 0 Å². The van der Waals surface area contributed by atoms with Crippen LogP contribution in [0, 0.1) is 6.92 Å². The quantitative estimate of drug-likeness (QED) is 0.721. The van der Waals surface area contributed by atoms with Gasteiger partial charge in [-0.2, -0.15) is 0 Å². The Bertz CT molecular complexity index is 588. The van der Waals surface area contributed by atoms with E-state index in [0.29, 0.717) is 6.04 Å². The number of anilines is 2. The van der Waals surface area contributed by atoms with Crippen LogP contribution in [0.25, 0.3) is 10.8 Å². The molecule has 0 unspecified atom stereocenters. The van der Waals surface area contributed by atoms with Crippen LogP contribution in [0.15, 0.2) is 24.4 Å². The summed E-state index contributed by atoms with van der Waals surface area (Å²) in [6, 6.07) is 6.65. The predicted molar refractivity (Wildman–Crippen MR) is 80.4 cm³/mol. The van der Waals surface area contributed by atoms with Gasteiger partial charge in [0.25, 0.3) is 0 Å². The standard InChI is InChI=1S/C15H20N4/c1-10-8-13-12(14(16)9-10)4-7-18-15(13)19-11-2-5-17-6-3-11/h4,7-9,11,17H,2-3,5-6,16H2,1H3,(H,18,19). The molecule has 2 aromatic rings. The third-order valence-electron chi connectivity index (χ3n) is 3.74. The van der Waals surface area contributed by atoms with Crippen LogP contribution in [0.5, 0.6) is 0 Å². The van der Waals surface area contributed by atoms with Crippen molar-refractivity contribution in [3.05, 3.63) is 30.0 Å². The molecule has 1 aromatic heterocycles. The maximum atomic E-state index is 6.09. The zero-order valence-electron chi connectivity index (χ0n) is 11.2. The molecule has 0 amide bonds.